The summed E-state index contributed by atoms with van der Waals surface area (Å²) in [6.45, 7) is 12.8. The van der Waals surface area contributed by atoms with Gasteiger partial charge in [-0.1, -0.05) is 24.8 Å². The summed E-state index contributed by atoms with van der Waals surface area (Å²) in [5.74, 6) is 0.836. The van der Waals surface area contributed by atoms with Crippen molar-refractivity contribution >= 4 is 35.5 Å². The Hall–Kier alpha value is -1.06. The fraction of sp³-hybridized carbons (Fsp3) is 0.286. The molecule has 0 aliphatic carbocycles. The van der Waals surface area contributed by atoms with E-state index >= 15 is 0 Å². The first-order chi connectivity index (χ1) is 7.88. The number of aryl methyl sites for hydroxylation is 1. The molecular weight excluding hydrogens is 244 g/mol. The second-order valence-corrected chi connectivity index (χ2v) is 10.7. The summed E-state index contributed by atoms with van der Waals surface area (Å²) in [4.78, 5) is 1.19. The molecule has 0 spiro atoms. The molecule has 1 nitrogen and oxygen atoms in total. The van der Waals surface area contributed by atoms with Crippen LogP contribution < -0.4 is 0 Å². The number of hydrogen-bond acceptors (Lipinski definition) is 2. The second kappa shape index (κ2) is 4.31. The number of hydrogen-bond donors (Lipinski definition) is 0. The summed E-state index contributed by atoms with van der Waals surface area (Å²) in [5.41, 5.74) is 1.29. The van der Waals surface area contributed by atoms with Crippen molar-refractivity contribution in [2.24, 2.45) is 0 Å². The van der Waals surface area contributed by atoms with Crippen molar-refractivity contribution in [2.45, 2.75) is 26.6 Å². The third-order valence-electron chi connectivity index (χ3n) is 2.53. The van der Waals surface area contributed by atoms with Gasteiger partial charge in [0.05, 0.1) is 4.88 Å². The lowest BCUT2D eigenvalue weighted by Gasteiger charge is -2.20. The van der Waals surface area contributed by atoms with Gasteiger partial charge in [-0.25, -0.2) is 0 Å². The smallest absolute Gasteiger partial charge is 0.242 e. The highest BCUT2D eigenvalue weighted by molar-refractivity contribution is 7.20. The molecule has 1 aromatic carbocycles. The Morgan fingerprint density at radius 2 is 1.88 bits per heavy atom. The number of thiophene rings is 1. The topological polar surface area (TPSA) is 9.23 Å². The van der Waals surface area contributed by atoms with Gasteiger partial charge in [-0.2, -0.15) is 0 Å². The molecule has 1 aromatic heterocycles. The first-order valence-electron chi connectivity index (χ1n) is 5.75. The molecule has 0 bridgehead atoms. The van der Waals surface area contributed by atoms with Gasteiger partial charge < -0.3 is 4.43 Å². The summed E-state index contributed by atoms with van der Waals surface area (Å²) in [5, 5.41) is 1.31. The quantitative estimate of drug-likeness (QED) is 0.556. The van der Waals surface area contributed by atoms with Crippen molar-refractivity contribution in [3.8, 4) is 0 Å². The standard InChI is InChI=1S/C14H18OSSi/c1-10-12-8-6-7-9-13(12)16-14(10)11(2)15-17(3,4)5/h6-9H,2H2,1,3-5H3. The van der Waals surface area contributed by atoms with Crippen LogP contribution in [0.4, 0.5) is 0 Å². The Morgan fingerprint density at radius 3 is 2.47 bits per heavy atom. The first kappa shape index (κ1) is 12.4. The Bertz CT molecular complexity index is 563. The fourth-order valence-electron chi connectivity index (χ4n) is 1.86. The largest absolute Gasteiger partial charge is 0.544 e. The molecule has 0 amide bonds. The third-order valence-corrected chi connectivity index (χ3v) is 4.70. The van der Waals surface area contributed by atoms with Crippen LogP contribution in [-0.2, 0) is 4.43 Å². The van der Waals surface area contributed by atoms with Crippen molar-refractivity contribution in [3.05, 3.63) is 41.3 Å². The van der Waals surface area contributed by atoms with E-state index in [2.05, 4.69) is 57.4 Å². The van der Waals surface area contributed by atoms with Gasteiger partial charge in [0.15, 0.2) is 0 Å². The average molecular weight is 262 g/mol. The van der Waals surface area contributed by atoms with Crippen LogP contribution in [-0.4, -0.2) is 8.32 Å². The predicted octanol–water partition coefficient (Wildman–Crippen LogP) is 5.03. The Morgan fingerprint density at radius 1 is 1.24 bits per heavy atom. The Labute approximate surface area is 108 Å². The van der Waals surface area contributed by atoms with Crippen LogP contribution in [0, 0.1) is 6.92 Å². The molecule has 0 N–H and O–H groups in total. The number of benzene rings is 1. The van der Waals surface area contributed by atoms with E-state index in [-0.39, 0.29) is 0 Å². The molecule has 2 aromatic rings. The molecule has 0 saturated heterocycles. The molecule has 90 valence electrons. The number of fused-ring (bicyclic) bond motifs is 1. The summed E-state index contributed by atoms with van der Waals surface area (Å²) in [7, 11) is -1.57. The van der Waals surface area contributed by atoms with Crippen molar-refractivity contribution < 1.29 is 4.43 Å². The molecule has 2 rings (SSSR count). The normalized spacial score (nSPS) is 11.8. The minimum Gasteiger partial charge on any atom is -0.544 e. The van der Waals surface area contributed by atoms with Gasteiger partial charge in [0, 0.05) is 4.70 Å². The monoisotopic (exact) mass is 262 g/mol. The van der Waals surface area contributed by atoms with E-state index in [0.29, 0.717) is 0 Å². The molecule has 0 atom stereocenters. The molecular formula is C14H18OSSi. The van der Waals surface area contributed by atoms with Crippen molar-refractivity contribution in [1.29, 1.82) is 0 Å². The van der Waals surface area contributed by atoms with E-state index in [0.717, 1.165) is 5.76 Å². The molecule has 0 saturated carbocycles. The maximum Gasteiger partial charge on any atom is 0.242 e. The maximum absolute atomic E-state index is 5.99. The molecule has 17 heavy (non-hydrogen) atoms. The van der Waals surface area contributed by atoms with Crippen molar-refractivity contribution in [2.75, 3.05) is 0 Å². The van der Waals surface area contributed by atoms with Gasteiger partial charge in [0.25, 0.3) is 0 Å². The maximum atomic E-state index is 5.99. The van der Waals surface area contributed by atoms with Gasteiger partial charge >= 0.3 is 0 Å². The van der Waals surface area contributed by atoms with Crippen LogP contribution in [0.2, 0.25) is 19.6 Å². The third kappa shape index (κ3) is 2.61. The van der Waals surface area contributed by atoms with Gasteiger partial charge in [0.2, 0.25) is 8.32 Å². The summed E-state index contributed by atoms with van der Waals surface area (Å²) < 4.78 is 7.29. The highest BCUT2D eigenvalue weighted by Crippen LogP contribution is 2.35. The van der Waals surface area contributed by atoms with Crippen LogP contribution in [0.1, 0.15) is 10.4 Å². The van der Waals surface area contributed by atoms with Crippen molar-refractivity contribution in [3.63, 3.8) is 0 Å². The minimum atomic E-state index is -1.57. The molecule has 0 fully saturated rings. The van der Waals surface area contributed by atoms with Crippen LogP contribution in [0.25, 0.3) is 15.8 Å². The van der Waals surface area contributed by atoms with Crippen LogP contribution in [0.3, 0.4) is 0 Å². The number of rotatable bonds is 3. The van der Waals surface area contributed by atoms with Crippen LogP contribution >= 0.6 is 11.3 Å². The van der Waals surface area contributed by atoms with Crippen molar-refractivity contribution in [1.82, 2.24) is 0 Å². The van der Waals surface area contributed by atoms with Gasteiger partial charge in [-0.3, -0.25) is 0 Å². The van der Waals surface area contributed by atoms with Crippen LogP contribution in [0.15, 0.2) is 30.8 Å². The highest BCUT2D eigenvalue weighted by atomic mass is 32.1. The zero-order valence-electron chi connectivity index (χ0n) is 10.8. The SMILES string of the molecule is C=C(O[Si](C)(C)C)c1sc2ccccc2c1C. The van der Waals surface area contributed by atoms with E-state index < -0.39 is 8.32 Å². The second-order valence-electron chi connectivity index (χ2n) is 5.19. The van der Waals surface area contributed by atoms with Gasteiger partial charge in [-0.15, -0.1) is 11.3 Å². The van der Waals surface area contributed by atoms with E-state index in [1.54, 1.807) is 11.3 Å². The summed E-state index contributed by atoms with van der Waals surface area (Å²) >= 11 is 1.77. The molecule has 0 aliphatic heterocycles. The average Bonchev–Trinajstić information content (AvgIpc) is 2.55. The molecule has 0 unspecified atom stereocenters. The highest BCUT2D eigenvalue weighted by Gasteiger charge is 2.20. The summed E-state index contributed by atoms with van der Waals surface area (Å²) in [6, 6.07) is 8.46. The van der Waals surface area contributed by atoms with E-state index in [9.17, 15) is 0 Å². The Kier molecular flexibility index (Phi) is 3.14. The lowest BCUT2D eigenvalue weighted by atomic mass is 10.1. The van der Waals surface area contributed by atoms with E-state index in [1.165, 1.54) is 20.5 Å². The molecule has 1 heterocycles. The predicted molar refractivity (Wildman–Crippen MR) is 80.0 cm³/mol. The Balaban J connectivity index is 2.43. The lowest BCUT2D eigenvalue weighted by Crippen LogP contribution is -2.23. The molecule has 0 radical (unpaired) electrons. The zero-order valence-corrected chi connectivity index (χ0v) is 12.6. The lowest BCUT2D eigenvalue weighted by molar-refractivity contribution is 0.518. The van der Waals surface area contributed by atoms with E-state index in [4.69, 9.17) is 4.43 Å². The first-order valence-corrected chi connectivity index (χ1v) is 9.97. The minimum absolute atomic E-state index is 0.836. The van der Waals surface area contributed by atoms with Gasteiger partial charge in [-0.05, 0) is 43.6 Å². The molecule has 0 aliphatic rings. The zero-order chi connectivity index (χ0) is 12.6. The fourth-order valence-corrected chi connectivity index (χ4v) is 3.89. The molecule has 3 heteroatoms. The summed E-state index contributed by atoms with van der Waals surface area (Å²) in [6.07, 6.45) is 0. The van der Waals surface area contributed by atoms with E-state index in [1.807, 2.05) is 0 Å². The van der Waals surface area contributed by atoms with Gasteiger partial charge in [0.1, 0.15) is 5.76 Å². The van der Waals surface area contributed by atoms with Crippen LogP contribution in [0.5, 0.6) is 0 Å².